The minimum Gasteiger partial charge on any atom is -0.384 e. The van der Waals surface area contributed by atoms with Crippen molar-refractivity contribution >= 4 is 17.3 Å². The first-order valence-corrected chi connectivity index (χ1v) is 8.31. The number of carbonyl (C=O) groups is 1. The van der Waals surface area contributed by atoms with E-state index in [0.717, 1.165) is 17.8 Å². The topological polar surface area (TPSA) is 41.1 Å². The maximum Gasteiger partial charge on any atom is 0.226 e. The second-order valence-electron chi connectivity index (χ2n) is 6.01. The second-order valence-corrected chi connectivity index (χ2v) is 6.01. The van der Waals surface area contributed by atoms with E-state index in [9.17, 15) is 4.79 Å². The van der Waals surface area contributed by atoms with Crippen molar-refractivity contribution in [1.29, 1.82) is 0 Å². The van der Waals surface area contributed by atoms with Crippen LogP contribution in [0.25, 0.3) is 0 Å². The fourth-order valence-corrected chi connectivity index (χ4v) is 2.49. The molecule has 0 unspecified atom stereocenters. The van der Waals surface area contributed by atoms with Gasteiger partial charge in [-0.1, -0.05) is 51.1 Å². The third-order valence-corrected chi connectivity index (χ3v) is 3.93. The molecule has 0 aromatic heterocycles. The Kier molecular flexibility index (Phi) is 6.21. The van der Waals surface area contributed by atoms with E-state index >= 15 is 0 Å². The molecule has 2 aromatic rings. The van der Waals surface area contributed by atoms with E-state index in [1.54, 1.807) is 0 Å². The van der Waals surface area contributed by atoms with Crippen molar-refractivity contribution in [2.75, 3.05) is 17.2 Å². The van der Waals surface area contributed by atoms with Gasteiger partial charge in [0, 0.05) is 24.3 Å². The Morgan fingerprint density at radius 3 is 2.39 bits per heavy atom. The molecule has 0 fully saturated rings. The number of carbonyl (C=O) groups excluding carboxylic acids is 1. The number of aryl methyl sites for hydroxylation is 1. The summed E-state index contributed by atoms with van der Waals surface area (Å²) in [6.07, 6.45) is 1.43. The number of para-hydroxylation sites is 1. The molecule has 3 heteroatoms. The molecule has 122 valence electrons. The van der Waals surface area contributed by atoms with Crippen LogP contribution in [0.15, 0.2) is 48.5 Å². The van der Waals surface area contributed by atoms with Gasteiger partial charge in [-0.15, -0.1) is 0 Å². The summed E-state index contributed by atoms with van der Waals surface area (Å²) in [6, 6.07) is 16.3. The van der Waals surface area contributed by atoms with Gasteiger partial charge in [-0.3, -0.25) is 4.79 Å². The Balaban J connectivity index is 1.81. The van der Waals surface area contributed by atoms with E-state index in [-0.39, 0.29) is 5.91 Å². The lowest BCUT2D eigenvalue weighted by Crippen LogP contribution is -2.16. The van der Waals surface area contributed by atoms with Crippen LogP contribution in [0.3, 0.4) is 0 Å². The highest BCUT2D eigenvalue weighted by atomic mass is 16.1. The highest BCUT2D eigenvalue weighted by Gasteiger charge is 2.04. The average Bonchev–Trinajstić information content (AvgIpc) is 2.55. The van der Waals surface area contributed by atoms with Gasteiger partial charge in [0.2, 0.25) is 5.91 Å². The molecule has 0 bridgehead atoms. The minimum atomic E-state index is 0.0313. The van der Waals surface area contributed by atoms with Crippen LogP contribution < -0.4 is 10.6 Å². The monoisotopic (exact) mass is 310 g/mol. The van der Waals surface area contributed by atoms with Crippen LogP contribution in [-0.2, 0) is 11.2 Å². The molecule has 2 N–H and O–H groups in total. The molecular weight excluding hydrogens is 284 g/mol. The highest BCUT2D eigenvalue weighted by Crippen LogP contribution is 2.18. The van der Waals surface area contributed by atoms with Gasteiger partial charge in [0.1, 0.15) is 0 Å². The van der Waals surface area contributed by atoms with Crippen molar-refractivity contribution in [3.63, 3.8) is 0 Å². The SMILES string of the molecule is CCc1ccccc1NCCC(=O)Nc1ccc(C(C)C)cc1. The number of rotatable bonds is 7. The molecule has 0 saturated heterocycles. The molecule has 0 heterocycles. The average molecular weight is 310 g/mol. The van der Waals surface area contributed by atoms with Crippen molar-refractivity contribution in [1.82, 2.24) is 0 Å². The third-order valence-electron chi connectivity index (χ3n) is 3.93. The maximum atomic E-state index is 12.0. The molecule has 0 atom stereocenters. The summed E-state index contributed by atoms with van der Waals surface area (Å²) in [5.74, 6) is 0.534. The second kappa shape index (κ2) is 8.37. The van der Waals surface area contributed by atoms with Crippen molar-refractivity contribution in [3.8, 4) is 0 Å². The van der Waals surface area contributed by atoms with Crippen LogP contribution in [0.2, 0.25) is 0 Å². The van der Waals surface area contributed by atoms with Crippen LogP contribution in [0, 0.1) is 0 Å². The molecule has 0 radical (unpaired) electrons. The predicted molar refractivity (Wildman–Crippen MR) is 98.1 cm³/mol. The summed E-state index contributed by atoms with van der Waals surface area (Å²) in [4.78, 5) is 12.0. The molecular formula is C20H26N2O. The van der Waals surface area contributed by atoms with Crippen LogP contribution >= 0.6 is 0 Å². The number of hydrogen-bond acceptors (Lipinski definition) is 2. The Bertz CT molecular complexity index is 632. The summed E-state index contributed by atoms with van der Waals surface area (Å²) in [6.45, 7) is 7.09. The van der Waals surface area contributed by atoms with Gasteiger partial charge in [-0.25, -0.2) is 0 Å². The predicted octanol–water partition coefficient (Wildman–Crippen LogP) is 4.81. The third kappa shape index (κ3) is 5.13. The van der Waals surface area contributed by atoms with Crippen molar-refractivity contribution in [3.05, 3.63) is 59.7 Å². The lowest BCUT2D eigenvalue weighted by molar-refractivity contribution is -0.115. The van der Waals surface area contributed by atoms with Crippen LogP contribution in [0.5, 0.6) is 0 Å². The van der Waals surface area contributed by atoms with E-state index in [1.165, 1.54) is 11.1 Å². The van der Waals surface area contributed by atoms with Crippen molar-refractivity contribution in [2.45, 2.75) is 39.5 Å². The molecule has 3 nitrogen and oxygen atoms in total. The lowest BCUT2D eigenvalue weighted by Gasteiger charge is -2.11. The van der Waals surface area contributed by atoms with E-state index in [1.807, 2.05) is 24.3 Å². The van der Waals surface area contributed by atoms with E-state index < -0.39 is 0 Å². The van der Waals surface area contributed by atoms with E-state index in [2.05, 4.69) is 55.7 Å². The van der Waals surface area contributed by atoms with Crippen LogP contribution in [0.4, 0.5) is 11.4 Å². The molecule has 0 aliphatic rings. The van der Waals surface area contributed by atoms with Crippen molar-refractivity contribution in [2.24, 2.45) is 0 Å². The van der Waals surface area contributed by atoms with Crippen LogP contribution in [-0.4, -0.2) is 12.5 Å². The molecule has 0 saturated carbocycles. The molecule has 0 aliphatic heterocycles. The van der Waals surface area contributed by atoms with Crippen molar-refractivity contribution < 1.29 is 4.79 Å². The smallest absolute Gasteiger partial charge is 0.226 e. The molecule has 0 spiro atoms. The quantitative estimate of drug-likeness (QED) is 0.770. The molecule has 1 amide bonds. The summed E-state index contributed by atoms with van der Waals surface area (Å²) in [7, 11) is 0. The summed E-state index contributed by atoms with van der Waals surface area (Å²) in [5.41, 5.74) is 4.52. The highest BCUT2D eigenvalue weighted by molar-refractivity contribution is 5.91. The molecule has 23 heavy (non-hydrogen) atoms. The Labute approximate surface area is 139 Å². The molecule has 2 rings (SSSR count). The fraction of sp³-hybridized carbons (Fsp3) is 0.350. The van der Waals surface area contributed by atoms with Gasteiger partial charge in [0.05, 0.1) is 0 Å². The number of anilines is 2. The largest absolute Gasteiger partial charge is 0.384 e. The van der Waals surface area contributed by atoms with Gasteiger partial charge in [-0.2, -0.15) is 0 Å². The van der Waals surface area contributed by atoms with Gasteiger partial charge >= 0.3 is 0 Å². The minimum absolute atomic E-state index is 0.0313. The van der Waals surface area contributed by atoms with E-state index in [0.29, 0.717) is 18.9 Å². The van der Waals surface area contributed by atoms with E-state index in [4.69, 9.17) is 0 Å². The number of hydrogen-bond donors (Lipinski definition) is 2. The zero-order chi connectivity index (χ0) is 16.7. The normalized spacial score (nSPS) is 10.6. The Morgan fingerprint density at radius 1 is 1.04 bits per heavy atom. The van der Waals surface area contributed by atoms with Gasteiger partial charge in [0.25, 0.3) is 0 Å². The Morgan fingerprint density at radius 2 is 1.74 bits per heavy atom. The first kappa shape index (κ1) is 17.1. The van der Waals surface area contributed by atoms with Gasteiger partial charge in [0.15, 0.2) is 0 Å². The maximum absolute atomic E-state index is 12.0. The lowest BCUT2D eigenvalue weighted by atomic mass is 10.0. The zero-order valence-electron chi connectivity index (χ0n) is 14.2. The summed E-state index contributed by atoms with van der Waals surface area (Å²) in [5, 5.41) is 6.29. The zero-order valence-corrected chi connectivity index (χ0v) is 14.2. The first-order valence-electron chi connectivity index (χ1n) is 8.31. The van der Waals surface area contributed by atoms with Gasteiger partial charge in [-0.05, 0) is 41.7 Å². The first-order chi connectivity index (χ1) is 11.1. The summed E-state index contributed by atoms with van der Waals surface area (Å²) < 4.78 is 0. The fourth-order valence-electron chi connectivity index (χ4n) is 2.49. The molecule has 0 aliphatic carbocycles. The van der Waals surface area contributed by atoms with Crippen LogP contribution in [0.1, 0.15) is 44.2 Å². The Hall–Kier alpha value is -2.29. The number of nitrogens with one attached hydrogen (secondary N) is 2. The number of amides is 1. The van der Waals surface area contributed by atoms with Gasteiger partial charge < -0.3 is 10.6 Å². The standard InChI is InChI=1S/C20H26N2O/c1-4-16-7-5-6-8-19(16)21-14-13-20(23)22-18-11-9-17(10-12-18)15(2)3/h5-12,15,21H,4,13-14H2,1-3H3,(H,22,23). The molecule has 2 aromatic carbocycles. The number of benzene rings is 2. The summed E-state index contributed by atoms with van der Waals surface area (Å²) >= 11 is 0.